The van der Waals surface area contributed by atoms with Gasteiger partial charge in [0, 0.05) is 28.8 Å². The molecule has 0 radical (unpaired) electrons. The fraction of sp³-hybridized carbons (Fsp3) is 0.286. The molecule has 2 aromatic rings. The average molecular weight is 435 g/mol. The molecule has 0 aromatic heterocycles. The van der Waals surface area contributed by atoms with Gasteiger partial charge in [0.05, 0.1) is 17.3 Å². The molecule has 0 aliphatic carbocycles. The fourth-order valence-corrected chi connectivity index (χ4v) is 4.00. The topological polar surface area (TPSA) is 29.5 Å². The molecule has 0 saturated carbocycles. The summed E-state index contributed by atoms with van der Waals surface area (Å²) in [7, 11) is 3.45. The van der Waals surface area contributed by atoms with Crippen LogP contribution < -0.4 is 9.64 Å². The zero-order chi connectivity index (χ0) is 19.2. The Morgan fingerprint density at radius 3 is 2.50 bits per heavy atom. The first-order chi connectivity index (χ1) is 12.1. The maximum Gasteiger partial charge on any atom is 0.258 e. The van der Waals surface area contributed by atoms with Crippen molar-refractivity contribution in [2.24, 2.45) is 0 Å². The summed E-state index contributed by atoms with van der Waals surface area (Å²) < 4.78 is 6.44. The molecule has 0 atom stereocenters. The summed E-state index contributed by atoms with van der Waals surface area (Å²) in [6, 6.07) is 9.56. The van der Waals surface area contributed by atoms with E-state index in [4.69, 9.17) is 16.3 Å². The highest BCUT2D eigenvalue weighted by Gasteiger charge is 2.30. The van der Waals surface area contributed by atoms with Crippen molar-refractivity contribution in [2.45, 2.75) is 26.2 Å². The molecule has 0 saturated heterocycles. The van der Waals surface area contributed by atoms with E-state index >= 15 is 0 Å². The van der Waals surface area contributed by atoms with Crippen molar-refractivity contribution in [1.29, 1.82) is 0 Å². The van der Waals surface area contributed by atoms with Gasteiger partial charge in [-0.2, -0.15) is 0 Å². The Kier molecular flexibility index (Phi) is 4.93. The van der Waals surface area contributed by atoms with Crippen LogP contribution in [-0.4, -0.2) is 20.1 Å². The highest BCUT2D eigenvalue weighted by molar-refractivity contribution is 9.10. The normalized spacial score (nSPS) is 15.6. The number of methoxy groups -OCH3 is 1. The number of rotatable bonds is 2. The summed E-state index contributed by atoms with van der Waals surface area (Å²) in [5, 5.41) is 0.615. The second kappa shape index (κ2) is 6.75. The monoisotopic (exact) mass is 433 g/mol. The molecular formula is C21H21BrClNO2. The number of carbonyl (C=O) groups is 1. The molecule has 0 spiro atoms. The van der Waals surface area contributed by atoms with E-state index in [-0.39, 0.29) is 11.3 Å². The summed E-state index contributed by atoms with van der Waals surface area (Å²) in [5.41, 5.74) is 4.28. The van der Waals surface area contributed by atoms with E-state index in [1.54, 1.807) is 25.1 Å². The summed E-state index contributed by atoms with van der Waals surface area (Å²) in [4.78, 5) is 14.4. The van der Waals surface area contributed by atoms with Crippen LogP contribution >= 0.6 is 27.5 Å². The Hall–Kier alpha value is -1.78. The third kappa shape index (κ3) is 3.28. The lowest BCUT2D eigenvalue weighted by Crippen LogP contribution is -2.20. The maximum absolute atomic E-state index is 12.7. The van der Waals surface area contributed by atoms with E-state index in [1.165, 1.54) is 0 Å². The predicted octanol–water partition coefficient (Wildman–Crippen LogP) is 5.93. The summed E-state index contributed by atoms with van der Waals surface area (Å²) in [6.07, 6.45) is 1.92. The molecule has 0 unspecified atom stereocenters. The Balaban J connectivity index is 2.19. The Morgan fingerprint density at radius 2 is 1.88 bits per heavy atom. The minimum atomic E-state index is -0.0972. The van der Waals surface area contributed by atoms with Gasteiger partial charge in [-0.15, -0.1) is 0 Å². The Labute approximate surface area is 167 Å². The first-order valence-corrected chi connectivity index (χ1v) is 9.48. The van der Waals surface area contributed by atoms with Crippen LogP contribution in [0, 0.1) is 0 Å². The Bertz CT molecular complexity index is 928. The smallest absolute Gasteiger partial charge is 0.258 e. The first-order valence-electron chi connectivity index (χ1n) is 8.31. The highest BCUT2D eigenvalue weighted by Crippen LogP contribution is 2.41. The van der Waals surface area contributed by atoms with Gasteiger partial charge in [-0.05, 0) is 63.3 Å². The number of benzene rings is 2. The molecule has 26 heavy (non-hydrogen) atoms. The molecule has 136 valence electrons. The quantitative estimate of drug-likeness (QED) is 0.549. The number of likely N-dealkylation sites (N-methyl/N-ethyl adjacent to an activating group) is 1. The van der Waals surface area contributed by atoms with Crippen molar-refractivity contribution >= 4 is 50.8 Å². The molecule has 0 N–H and O–H groups in total. The van der Waals surface area contributed by atoms with Crippen molar-refractivity contribution < 1.29 is 9.53 Å². The van der Waals surface area contributed by atoms with Gasteiger partial charge < -0.3 is 9.64 Å². The number of ether oxygens (including phenoxy) is 1. The van der Waals surface area contributed by atoms with Crippen LogP contribution in [0.1, 0.15) is 37.5 Å². The van der Waals surface area contributed by atoms with E-state index in [0.717, 1.165) is 32.6 Å². The molecule has 1 aliphatic rings. The number of carbonyl (C=O) groups excluding carboxylic acids is 1. The summed E-state index contributed by atoms with van der Waals surface area (Å²) in [6.45, 7) is 6.41. The second-order valence-electron chi connectivity index (χ2n) is 7.42. The summed E-state index contributed by atoms with van der Waals surface area (Å²) >= 11 is 9.76. The molecule has 5 heteroatoms. The van der Waals surface area contributed by atoms with Gasteiger partial charge in [0.15, 0.2) is 0 Å². The largest absolute Gasteiger partial charge is 0.495 e. The number of hydrogen-bond donors (Lipinski definition) is 0. The maximum atomic E-state index is 12.7. The van der Waals surface area contributed by atoms with Crippen LogP contribution in [0.5, 0.6) is 5.75 Å². The van der Waals surface area contributed by atoms with Gasteiger partial charge in [0.1, 0.15) is 5.75 Å². The number of hydrogen-bond acceptors (Lipinski definition) is 2. The lowest BCUT2D eigenvalue weighted by Gasteiger charge is -2.23. The minimum Gasteiger partial charge on any atom is -0.495 e. The standard InChI is InChI=1S/C21H21BrClNO2/c1-21(2,3)16-9-12(10-17(22)19(16)26-5)8-15-14-11-13(23)6-7-18(14)24(4)20(15)25/h6-11H,1-5H3/b15-8+. The van der Waals surface area contributed by atoms with Crippen molar-refractivity contribution in [3.8, 4) is 5.75 Å². The number of nitrogens with zero attached hydrogens (tertiary/aromatic N) is 1. The van der Waals surface area contributed by atoms with Crippen molar-refractivity contribution in [3.63, 3.8) is 0 Å². The molecule has 3 rings (SSSR count). The van der Waals surface area contributed by atoms with E-state index in [0.29, 0.717) is 10.6 Å². The zero-order valence-corrected chi connectivity index (χ0v) is 17.8. The molecule has 1 heterocycles. The van der Waals surface area contributed by atoms with E-state index in [1.807, 2.05) is 24.3 Å². The van der Waals surface area contributed by atoms with E-state index in [2.05, 4.69) is 42.8 Å². The number of halogens is 2. The average Bonchev–Trinajstić information content (AvgIpc) is 2.78. The number of amides is 1. The summed E-state index contributed by atoms with van der Waals surface area (Å²) in [5.74, 6) is 0.782. The van der Waals surface area contributed by atoms with Crippen LogP contribution in [0.25, 0.3) is 11.6 Å². The van der Waals surface area contributed by atoms with Crippen LogP contribution in [0.15, 0.2) is 34.8 Å². The van der Waals surface area contributed by atoms with Gasteiger partial charge in [0.25, 0.3) is 5.91 Å². The van der Waals surface area contributed by atoms with E-state index in [9.17, 15) is 4.79 Å². The van der Waals surface area contributed by atoms with Crippen molar-refractivity contribution in [3.05, 3.63) is 56.5 Å². The SMILES string of the molecule is COc1c(Br)cc(/C=C2/C(=O)N(C)c3ccc(Cl)cc32)cc1C(C)(C)C. The van der Waals surface area contributed by atoms with Crippen LogP contribution in [0.2, 0.25) is 5.02 Å². The van der Waals surface area contributed by atoms with Crippen molar-refractivity contribution in [2.75, 3.05) is 19.1 Å². The zero-order valence-electron chi connectivity index (χ0n) is 15.5. The Morgan fingerprint density at radius 1 is 1.19 bits per heavy atom. The van der Waals surface area contributed by atoms with Crippen LogP contribution in [0.3, 0.4) is 0 Å². The molecule has 1 amide bonds. The first kappa shape index (κ1) is 19.0. The van der Waals surface area contributed by atoms with Gasteiger partial charge in [-0.1, -0.05) is 32.4 Å². The molecule has 0 bridgehead atoms. The molecule has 3 nitrogen and oxygen atoms in total. The third-order valence-electron chi connectivity index (χ3n) is 4.53. The predicted molar refractivity (Wildman–Crippen MR) is 112 cm³/mol. The lowest BCUT2D eigenvalue weighted by atomic mass is 9.85. The van der Waals surface area contributed by atoms with Gasteiger partial charge in [0.2, 0.25) is 0 Å². The van der Waals surface area contributed by atoms with Crippen LogP contribution in [0.4, 0.5) is 5.69 Å². The third-order valence-corrected chi connectivity index (χ3v) is 5.36. The second-order valence-corrected chi connectivity index (χ2v) is 8.71. The van der Waals surface area contributed by atoms with Gasteiger partial charge in [-0.25, -0.2) is 0 Å². The molecule has 0 fully saturated rings. The van der Waals surface area contributed by atoms with E-state index < -0.39 is 0 Å². The lowest BCUT2D eigenvalue weighted by molar-refractivity contribution is -0.112. The highest BCUT2D eigenvalue weighted by atomic mass is 79.9. The van der Waals surface area contributed by atoms with Gasteiger partial charge in [-0.3, -0.25) is 4.79 Å². The number of anilines is 1. The number of fused-ring (bicyclic) bond motifs is 1. The fourth-order valence-electron chi connectivity index (χ4n) is 3.19. The molecule has 1 aliphatic heterocycles. The molecule has 2 aromatic carbocycles. The minimum absolute atomic E-state index is 0.0356. The molecular weight excluding hydrogens is 414 g/mol. The van der Waals surface area contributed by atoms with Crippen LogP contribution in [-0.2, 0) is 10.2 Å². The van der Waals surface area contributed by atoms with Gasteiger partial charge >= 0.3 is 0 Å². The van der Waals surface area contributed by atoms with Crippen molar-refractivity contribution in [1.82, 2.24) is 0 Å².